The largest absolute Gasteiger partial charge is 0.302 e. The molecule has 0 atom stereocenters. The summed E-state index contributed by atoms with van der Waals surface area (Å²) in [6.45, 7) is 0. The number of para-hydroxylation sites is 4. The van der Waals surface area contributed by atoms with E-state index in [0.29, 0.717) is 28.9 Å². The zero-order valence-corrected chi connectivity index (χ0v) is 31.7. The van der Waals surface area contributed by atoms with E-state index in [-0.39, 0.29) is 11.1 Å². The molecule has 11 rings (SSSR count). The van der Waals surface area contributed by atoms with E-state index < -0.39 is 7.14 Å². The zero-order valence-electron chi connectivity index (χ0n) is 30.8. The second-order valence-corrected chi connectivity index (χ2v) is 16.5. The lowest BCUT2D eigenvalue weighted by atomic mass is 10.2. The maximum Gasteiger partial charge on any atom is 0.242 e. The molecule has 9 nitrogen and oxygen atoms in total. The van der Waals surface area contributed by atoms with Gasteiger partial charge in [-0.05, 0) is 24.3 Å². The van der Waals surface area contributed by atoms with E-state index in [4.69, 9.17) is 29.9 Å². The highest BCUT2D eigenvalue weighted by atomic mass is 31.2. The summed E-state index contributed by atoms with van der Waals surface area (Å²) in [5, 5.41) is 4.68. The summed E-state index contributed by atoms with van der Waals surface area (Å²) in [6.07, 6.45) is 0. The third-order valence-electron chi connectivity index (χ3n) is 10.5. The molecule has 11 aromatic rings. The molecule has 4 heterocycles. The summed E-state index contributed by atoms with van der Waals surface area (Å²) in [4.78, 5) is 30.8. The monoisotopic (exact) mass is 766 g/mol. The average molecular weight is 767 g/mol. The predicted molar refractivity (Wildman–Crippen MR) is 232 cm³/mol. The molecule has 274 valence electrons. The standard InChI is InChI=1S/C48H31N8OP/c57-58(34-22-8-3-9-23-34,47-51-43(32-18-4-1-5-19-32)49-45(53-47)55-39-28-14-10-24-35(39)36-25-11-15-29-40(36)55)48-52-44(33-20-6-2-7-21-33)50-46(54-48)56-41-30-16-12-26-37(41)38-27-13-17-31-42(38)56/h1-31H. The van der Waals surface area contributed by atoms with Gasteiger partial charge in [0.15, 0.2) is 11.6 Å². The zero-order chi connectivity index (χ0) is 38.6. The molecule has 0 spiro atoms. The van der Waals surface area contributed by atoms with Gasteiger partial charge in [-0.3, -0.25) is 9.13 Å². The normalized spacial score (nSPS) is 11.9. The summed E-state index contributed by atoms with van der Waals surface area (Å²) in [7, 11) is -4.12. The topological polar surface area (TPSA) is 104 Å². The first kappa shape index (κ1) is 33.7. The molecule has 0 radical (unpaired) electrons. The molecule has 0 saturated carbocycles. The summed E-state index contributed by atoms with van der Waals surface area (Å²) >= 11 is 0. The Bertz CT molecular complexity index is 3070. The van der Waals surface area contributed by atoms with Crippen LogP contribution in [0.4, 0.5) is 0 Å². The number of hydrogen-bond acceptors (Lipinski definition) is 7. The number of nitrogens with zero attached hydrogens (tertiary/aromatic N) is 8. The van der Waals surface area contributed by atoms with E-state index in [1.165, 1.54) is 0 Å². The van der Waals surface area contributed by atoms with Gasteiger partial charge < -0.3 is 4.57 Å². The molecule has 0 bridgehead atoms. The number of aromatic nitrogens is 8. The Morgan fingerprint density at radius 3 is 1.00 bits per heavy atom. The molecule has 4 aromatic heterocycles. The van der Waals surface area contributed by atoms with Crippen LogP contribution in [-0.2, 0) is 4.57 Å². The minimum Gasteiger partial charge on any atom is -0.302 e. The van der Waals surface area contributed by atoms with E-state index in [2.05, 4.69) is 24.3 Å². The van der Waals surface area contributed by atoms with Gasteiger partial charge in [-0.25, -0.2) is 9.97 Å². The molecule has 0 aliphatic carbocycles. The van der Waals surface area contributed by atoms with Crippen LogP contribution in [0.2, 0.25) is 0 Å². The van der Waals surface area contributed by atoms with Crippen molar-refractivity contribution in [2.24, 2.45) is 0 Å². The van der Waals surface area contributed by atoms with Crippen molar-refractivity contribution in [2.45, 2.75) is 0 Å². The number of fused-ring (bicyclic) bond motifs is 6. The van der Waals surface area contributed by atoms with Crippen LogP contribution in [0.15, 0.2) is 188 Å². The van der Waals surface area contributed by atoms with Gasteiger partial charge in [0.05, 0.1) is 22.1 Å². The lowest BCUT2D eigenvalue weighted by molar-refractivity contribution is 0.589. The van der Waals surface area contributed by atoms with Gasteiger partial charge >= 0.3 is 0 Å². The average Bonchev–Trinajstić information content (AvgIpc) is 3.82. The minimum absolute atomic E-state index is 0.0581. The second kappa shape index (κ2) is 13.5. The maximum atomic E-state index is 16.8. The SMILES string of the molecule is O=P(c1ccccc1)(c1nc(-c2ccccc2)nc(-n2c3ccccc3c3ccccc32)n1)c1nc(-c2ccccc2)nc(-n2c3ccccc3c3ccccc32)n1. The third-order valence-corrected chi connectivity index (χ3v) is 13.1. The summed E-state index contributed by atoms with van der Waals surface area (Å²) in [5.41, 5.74) is 5.26. The molecular weight excluding hydrogens is 736 g/mol. The molecule has 0 amide bonds. The second-order valence-electron chi connectivity index (χ2n) is 13.9. The molecule has 0 N–H and O–H groups in total. The van der Waals surface area contributed by atoms with Crippen LogP contribution in [-0.4, -0.2) is 39.0 Å². The summed E-state index contributed by atoms with van der Waals surface area (Å²) in [6, 6.07) is 61.4. The Hall–Kier alpha value is -7.61. The van der Waals surface area contributed by atoms with Crippen molar-refractivity contribution in [3.05, 3.63) is 188 Å². The van der Waals surface area contributed by atoms with Gasteiger partial charge in [-0.2, -0.15) is 19.9 Å². The first-order chi connectivity index (χ1) is 28.6. The van der Waals surface area contributed by atoms with Crippen molar-refractivity contribution in [1.29, 1.82) is 0 Å². The van der Waals surface area contributed by atoms with Crippen LogP contribution in [0.5, 0.6) is 0 Å². The van der Waals surface area contributed by atoms with E-state index in [1.54, 1.807) is 0 Å². The molecule has 58 heavy (non-hydrogen) atoms. The van der Waals surface area contributed by atoms with Crippen LogP contribution < -0.4 is 16.4 Å². The van der Waals surface area contributed by atoms with Gasteiger partial charge in [0.1, 0.15) is 0 Å². The van der Waals surface area contributed by atoms with Crippen molar-refractivity contribution < 1.29 is 4.57 Å². The fraction of sp³-hybridized carbons (Fsp3) is 0. The number of benzene rings is 7. The Morgan fingerprint density at radius 1 is 0.328 bits per heavy atom. The number of rotatable bonds is 7. The Labute approximate surface area is 332 Å². The predicted octanol–water partition coefficient (Wildman–Crippen LogP) is 9.22. The van der Waals surface area contributed by atoms with Crippen molar-refractivity contribution in [3.63, 3.8) is 0 Å². The number of hydrogen-bond donors (Lipinski definition) is 0. The molecular formula is C48H31N8OP. The molecule has 0 aliphatic heterocycles. The van der Waals surface area contributed by atoms with Crippen molar-refractivity contribution >= 4 is 67.2 Å². The lowest BCUT2D eigenvalue weighted by Crippen LogP contribution is -2.35. The molecule has 0 saturated heterocycles. The van der Waals surface area contributed by atoms with Crippen LogP contribution in [0, 0.1) is 0 Å². The first-order valence-electron chi connectivity index (χ1n) is 18.9. The minimum atomic E-state index is -4.12. The molecule has 10 heteroatoms. The van der Waals surface area contributed by atoms with E-state index >= 15 is 4.57 Å². The highest BCUT2D eigenvalue weighted by Gasteiger charge is 2.39. The van der Waals surface area contributed by atoms with E-state index in [9.17, 15) is 0 Å². The molecule has 0 fully saturated rings. The van der Waals surface area contributed by atoms with Crippen LogP contribution in [0.1, 0.15) is 0 Å². The van der Waals surface area contributed by atoms with Gasteiger partial charge in [-0.15, -0.1) is 0 Å². The summed E-state index contributed by atoms with van der Waals surface area (Å²) < 4.78 is 20.8. The highest BCUT2D eigenvalue weighted by Crippen LogP contribution is 2.42. The quantitative estimate of drug-likeness (QED) is 0.149. The molecule has 7 aromatic carbocycles. The fourth-order valence-electron chi connectivity index (χ4n) is 7.86. The van der Waals surface area contributed by atoms with E-state index in [0.717, 1.165) is 54.7 Å². The van der Waals surface area contributed by atoms with Crippen LogP contribution in [0.25, 0.3) is 78.3 Å². The molecule has 0 aliphatic rings. The smallest absolute Gasteiger partial charge is 0.242 e. The Balaban J connectivity index is 1.25. The molecule has 0 unspecified atom stereocenters. The van der Waals surface area contributed by atoms with Crippen molar-refractivity contribution in [3.8, 4) is 34.7 Å². The maximum absolute atomic E-state index is 16.8. The van der Waals surface area contributed by atoms with E-state index in [1.807, 2.05) is 173 Å². The Morgan fingerprint density at radius 2 is 0.638 bits per heavy atom. The summed E-state index contributed by atoms with van der Waals surface area (Å²) in [5.74, 6) is 1.41. The fourth-order valence-corrected chi connectivity index (χ4v) is 10.0. The lowest BCUT2D eigenvalue weighted by Gasteiger charge is -2.19. The van der Waals surface area contributed by atoms with Gasteiger partial charge in [0.2, 0.25) is 30.2 Å². The van der Waals surface area contributed by atoms with Gasteiger partial charge in [0, 0.05) is 38.0 Å². The van der Waals surface area contributed by atoms with Crippen molar-refractivity contribution in [2.75, 3.05) is 0 Å². The first-order valence-corrected chi connectivity index (χ1v) is 20.6. The highest BCUT2D eigenvalue weighted by molar-refractivity contribution is 7.84. The van der Waals surface area contributed by atoms with Gasteiger partial charge in [-0.1, -0.05) is 164 Å². The van der Waals surface area contributed by atoms with Crippen molar-refractivity contribution in [1.82, 2.24) is 39.0 Å². The Kier molecular flexibility index (Phi) is 7.87. The van der Waals surface area contributed by atoms with Gasteiger partial charge in [0.25, 0.3) is 0 Å². The van der Waals surface area contributed by atoms with Crippen LogP contribution in [0.3, 0.4) is 0 Å². The third kappa shape index (κ3) is 5.36. The van der Waals surface area contributed by atoms with Crippen LogP contribution >= 0.6 is 7.14 Å².